The summed E-state index contributed by atoms with van der Waals surface area (Å²) >= 11 is 2.94. The molecule has 1 aromatic carbocycles. The molecule has 2 rings (SSSR count). The largest absolute Gasteiger partial charge is 0.350 e. The summed E-state index contributed by atoms with van der Waals surface area (Å²) in [6.45, 7) is -0.296. The highest BCUT2D eigenvalue weighted by molar-refractivity contribution is 9.10. The molecule has 0 amide bonds. The Labute approximate surface area is 145 Å². The second kappa shape index (κ2) is 8.90. The standard InChI is InChI=1S/C12H10BrF3N4O.CH4.ClH/c13-8-1-9(15)11(10(16)2-8)19-6-18-20(12(19)21)5-7(3-14)4-17;;/h1-3,6H,4-5,17H2;1H4;1H/b7-3-;;. The lowest BCUT2D eigenvalue weighted by Crippen LogP contribution is -2.26. The molecule has 10 heteroatoms. The van der Waals surface area contributed by atoms with E-state index in [2.05, 4.69) is 21.0 Å². The molecule has 0 atom stereocenters. The van der Waals surface area contributed by atoms with E-state index in [-0.39, 0.29) is 49.3 Å². The Hall–Kier alpha value is -1.58. The highest BCUT2D eigenvalue weighted by atomic mass is 79.9. The van der Waals surface area contributed by atoms with E-state index in [1.807, 2.05) is 0 Å². The van der Waals surface area contributed by atoms with Gasteiger partial charge in [-0.05, 0) is 17.7 Å². The van der Waals surface area contributed by atoms with Gasteiger partial charge in [0.1, 0.15) is 12.0 Å². The van der Waals surface area contributed by atoms with Crippen LogP contribution in [0.25, 0.3) is 5.69 Å². The van der Waals surface area contributed by atoms with Crippen LogP contribution in [0.3, 0.4) is 0 Å². The maximum atomic E-state index is 13.8. The first-order valence-corrected chi connectivity index (χ1v) is 6.54. The van der Waals surface area contributed by atoms with Gasteiger partial charge in [-0.15, -0.1) is 12.4 Å². The van der Waals surface area contributed by atoms with Gasteiger partial charge in [-0.25, -0.2) is 27.2 Å². The van der Waals surface area contributed by atoms with Crippen molar-refractivity contribution in [1.29, 1.82) is 0 Å². The van der Waals surface area contributed by atoms with Crippen molar-refractivity contribution in [3.8, 4) is 5.69 Å². The average molecular weight is 416 g/mol. The zero-order chi connectivity index (χ0) is 15.6. The second-order valence-corrected chi connectivity index (χ2v) is 5.05. The quantitative estimate of drug-likeness (QED) is 0.835. The van der Waals surface area contributed by atoms with Crippen molar-refractivity contribution in [1.82, 2.24) is 14.3 Å². The van der Waals surface area contributed by atoms with Gasteiger partial charge in [0.05, 0.1) is 12.9 Å². The van der Waals surface area contributed by atoms with Gasteiger partial charge in [0.2, 0.25) is 0 Å². The van der Waals surface area contributed by atoms with Crippen LogP contribution in [0.2, 0.25) is 0 Å². The van der Waals surface area contributed by atoms with Gasteiger partial charge in [-0.3, -0.25) is 0 Å². The van der Waals surface area contributed by atoms with Gasteiger partial charge in [0.25, 0.3) is 0 Å². The number of aromatic nitrogens is 3. The van der Waals surface area contributed by atoms with E-state index in [0.717, 1.165) is 23.1 Å². The van der Waals surface area contributed by atoms with Crippen molar-refractivity contribution < 1.29 is 13.2 Å². The van der Waals surface area contributed by atoms with Gasteiger partial charge in [0.15, 0.2) is 11.6 Å². The molecule has 0 spiro atoms. The van der Waals surface area contributed by atoms with E-state index in [1.54, 1.807) is 0 Å². The molecule has 0 saturated heterocycles. The van der Waals surface area contributed by atoms with Crippen LogP contribution in [-0.2, 0) is 6.54 Å². The van der Waals surface area contributed by atoms with Gasteiger partial charge >= 0.3 is 5.69 Å². The number of hydrogen-bond acceptors (Lipinski definition) is 3. The normalized spacial score (nSPS) is 10.9. The third-order valence-electron chi connectivity index (χ3n) is 2.73. The number of rotatable bonds is 4. The van der Waals surface area contributed by atoms with Crippen molar-refractivity contribution in [3.05, 3.63) is 57.0 Å². The molecule has 2 aromatic rings. The van der Waals surface area contributed by atoms with Crippen LogP contribution in [0, 0.1) is 11.6 Å². The first-order chi connectivity index (χ1) is 9.97. The lowest BCUT2D eigenvalue weighted by atomic mass is 10.3. The van der Waals surface area contributed by atoms with E-state index in [4.69, 9.17) is 5.73 Å². The van der Waals surface area contributed by atoms with Gasteiger partial charge in [-0.1, -0.05) is 23.4 Å². The molecule has 0 radical (unpaired) electrons. The van der Waals surface area contributed by atoms with Crippen molar-refractivity contribution >= 4 is 28.3 Å². The smallest absolute Gasteiger partial charge is 0.327 e. The van der Waals surface area contributed by atoms with E-state index in [1.165, 1.54) is 0 Å². The van der Waals surface area contributed by atoms with Crippen LogP contribution in [0.5, 0.6) is 0 Å². The average Bonchev–Trinajstić information content (AvgIpc) is 2.77. The van der Waals surface area contributed by atoms with E-state index in [9.17, 15) is 18.0 Å². The van der Waals surface area contributed by atoms with E-state index < -0.39 is 23.0 Å². The summed E-state index contributed by atoms with van der Waals surface area (Å²) in [6.07, 6.45) is 1.23. The van der Waals surface area contributed by atoms with Crippen LogP contribution >= 0.6 is 28.3 Å². The molecule has 2 N–H and O–H groups in total. The number of benzene rings is 1. The molecule has 0 aliphatic carbocycles. The van der Waals surface area contributed by atoms with Crippen LogP contribution in [0.4, 0.5) is 13.2 Å². The maximum Gasteiger partial charge on any atom is 0.350 e. The molecule has 0 aliphatic rings. The van der Waals surface area contributed by atoms with Crippen LogP contribution in [0.1, 0.15) is 7.43 Å². The molecule has 5 nitrogen and oxygen atoms in total. The fourth-order valence-electron chi connectivity index (χ4n) is 1.70. The monoisotopic (exact) mass is 414 g/mol. The van der Waals surface area contributed by atoms with Gasteiger partial charge < -0.3 is 5.73 Å². The summed E-state index contributed by atoms with van der Waals surface area (Å²) < 4.78 is 41.9. The Morgan fingerprint density at radius 1 is 1.35 bits per heavy atom. The number of nitrogens with zero attached hydrogens (tertiary/aromatic N) is 3. The molecule has 1 heterocycles. The summed E-state index contributed by atoms with van der Waals surface area (Å²) in [4.78, 5) is 12.1. The highest BCUT2D eigenvalue weighted by Gasteiger charge is 2.17. The van der Waals surface area contributed by atoms with Crippen molar-refractivity contribution in [2.45, 2.75) is 14.0 Å². The molecular formula is C13H15BrClF3N4O. The topological polar surface area (TPSA) is 65.8 Å². The SMILES string of the molecule is C.Cl.NC/C(=C/F)Cn1ncn(-c2c(F)cc(Br)cc2F)c1=O. The summed E-state index contributed by atoms with van der Waals surface area (Å²) in [5.74, 6) is -1.85. The highest BCUT2D eigenvalue weighted by Crippen LogP contribution is 2.21. The molecule has 128 valence electrons. The summed E-state index contributed by atoms with van der Waals surface area (Å²) in [6, 6.07) is 2.05. The maximum absolute atomic E-state index is 13.8. The minimum absolute atomic E-state index is 0. The Morgan fingerprint density at radius 3 is 2.39 bits per heavy atom. The zero-order valence-electron chi connectivity index (χ0n) is 11.0. The van der Waals surface area contributed by atoms with Gasteiger partial charge in [-0.2, -0.15) is 5.10 Å². The first kappa shape index (κ1) is 21.4. The number of halogens is 5. The number of hydrogen-bond donors (Lipinski definition) is 1. The minimum atomic E-state index is -0.927. The fourth-order valence-corrected chi connectivity index (χ4v) is 2.10. The fraction of sp³-hybridized carbons (Fsp3) is 0.231. The third kappa shape index (κ3) is 4.46. The van der Waals surface area contributed by atoms with E-state index >= 15 is 0 Å². The van der Waals surface area contributed by atoms with Crippen molar-refractivity contribution in [2.24, 2.45) is 5.73 Å². The van der Waals surface area contributed by atoms with Crippen molar-refractivity contribution in [2.75, 3.05) is 6.54 Å². The Balaban J connectivity index is 0.00000242. The lowest BCUT2D eigenvalue weighted by molar-refractivity contribution is 0.561. The Morgan fingerprint density at radius 2 is 1.91 bits per heavy atom. The van der Waals surface area contributed by atoms with E-state index in [0.29, 0.717) is 4.57 Å². The summed E-state index contributed by atoms with van der Waals surface area (Å²) in [5.41, 5.74) is 4.05. The third-order valence-corrected chi connectivity index (χ3v) is 3.18. The molecule has 1 aromatic heterocycles. The summed E-state index contributed by atoms with van der Waals surface area (Å²) in [7, 11) is 0. The predicted octanol–water partition coefficient (Wildman–Crippen LogP) is 2.94. The van der Waals surface area contributed by atoms with Crippen LogP contribution in [-0.4, -0.2) is 20.9 Å². The molecule has 0 aliphatic heterocycles. The first-order valence-electron chi connectivity index (χ1n) is 5.75. The zero-order valence-corrected chi connectivity index (χ0v) is 13.4. The molecule has 0 saturated carbocycles. The molecule has 0 fully saturated rings. The Bertz CT molecular complexity index is 737. The summed E-state index contributed by atoms with van der Waals surface area (Å²) in [5, 5.41) is 3.69. The Kier molecular flexibility index (Phi) is 8.29. The predicted molar refractivity (Wildman–Crippen MR) is 87.7 cm³/mol. The van der Waals surface area contributed by atoms with Crippen LogP contribution < -0.4 is 11.4 Å². The molecule has 0 bridgehead atoms. The molecule has 23 heavy (non-hydrogen) atoms. The van der Waals surface area contributed by atoms with Crippen molar-refractivity contribution in [3.63, 3.8) is 0 Å². The number of nitrogens with two attached hydrogens (primary N) is 1. The lowest BCUT2D eigenvalue weighted by Gasteiger charge is -2.05. The molecule has 0 unspecified atom stereocenters. The molecular weight excluding hydrogens is 401 g/mol. The van der Waals surface area contributed by atoms with Gasteiger partial charge in [0, 0.05) is 11.0 Å². The minimum Gasteiger partial charge on any atom is -0.327 e. The second-order valence-electron chi connectivity index (χ2n) is 4.13. The van der Waals surface area contributed by atoms with Crippen LogP contribution in [0.15, 0.2) is 39.6 Å².